The molecule has 0 aliphatic heterocycles. The third kappa shape index (κ3) is 12.7. The van der Waals surface area contributed by atoms with Gasteiger partial charge in [-0.2, -0.15) is 0 Å². The quantitative estimate of drug-likeness (QED) is 0.0501. The summed E-state index contributed by atoms with van der Waals surface area (Å²) in [7, 11) is 1.90. The molecule has 83 heavy (non-hydrogen) atoms. The number of hydrogen-bond donors (Lipinski definition) is 3. The van der Waals surface area contributed by atoms with Crippen molar-refractivity contribution in [3.8, 4) is 5.82 Å². The van der Waals surface area contributed by atoms with Crippen LogP contribution in [0.25, 0.3) is 28.9 Å². The smallest absolute Gasteiger partial charge is 0.170 e. The molecule has 406 valence electrons. The molecule has 1 aliphatic rings. The first-order chi connectivity index (χ1) is 41.0. The molecule has 9 aromatic carbocycles. The number of aromatic nitrogens is 2. The van der Waals surface area contributed by atoms with E-state index < -0.39 is 6.17 Å². The number of pyridine rings is 1. The summed E-state index contributed by atoms with van der Waals surface area (Å²) < 4.78 is 2.31. The van der Waals surface area contributed by atoms with Crippen LogP contribution in [-0.2, 0) is 6.42 Å². The molecule has 0 saturated heterocycles. The number of allylic oxidation sites excluding steroid dienone is 1. The highest BCUT2D eigenvalue weighted by atomic mass is 15.3. The second-order valence-electron chi connectivity index (χ2n) is 19.7. The molecule has 0 fully saturated rings. The van der Waals surface area contributed by atoms with Gasteiger partial charge in [0.05, 0.1) is 11.2 Å². The predicted octanol–water partition coefficient (Wildman–Crippen LogP) is 16.6. The highest BCUT2D eigenvalue weighted by molar-refractivity contribution is 6.11. The highest BCUT2D eigenvalue weighted by Crippen LogP contribution is 2.40. The Bertz CT molecular complexity index is 3900. The van der Waals surface area contributed by atoms with Gasteiger partial charge in [-0.25, -0.2) is 15.0 Å². The largest absolute Gasteiger partial charge is 0.399 e. The van der Waals surface area contributed by atoms with Crippen molar-refractivity contribution < 1.29 is 0 Å². The summed E-state index contributed by atoms with van der Waals surface area (Å²) in [5.74, 6) is 2.29. The SMILES string of the molecule is CN/C=C\C(=N/C(c1cc(/C(N)=N/C(=C\c2ccccc2)N(c2ccccc2)c2ccccc2)cc(-n2c3c(c4ccccc42)C=CCC3)n1)N(c1ccccc1)c1ccccc1)N(c1ccccc1)c1ccccc1.Nc1ccccc1. The second kappa shape index (κ2) is 26.3. The van der Waals surface area contributed by atoms with Gasteiger partial charge in [0.2, 0.25) is 0 Å². The zero-order chi connectivity index (χ0) is 56.6. The molecule has 0 spiro atoms. The van der Waals surface area contributed by atoms with Crippen LogP contribution < -0.4 is 31.5 Å². The van der Waals surface area contributed by atoms with Gasteiger partial charge in [-0.3, -0.25) is 14.4 Å². The number of nitrogens with zero attached hydrogens (tertiary/aromatic N) is 7. The number of fused-ring (bicyclic) bond motifs is 3. The zero-order valence-electron chi connectivity index (χ0n) is 46.2. The molecule has 10 heteroatoms. The Morgan fingerprint density at radius 1 is 0.566 bits per heavy atom. The molecule has 0 saturated carbocycles. The maximum absolute atomic E-state index is 7.61. The van der Waals surface area contributed by atoms with Gasteiger partial charge in [-0.05, 0) is 140 Å². The van der Waals surface area contributed by atoms with Gasteiger partial charge in [0.1, 0.15) is 23.3 Å². The second-order valence-corrected chi connectivity index (χ2v) is 19.7. The van der Waals surface area contributed by atoms with Crippen molar-refractivity contribution in [2.24, 2.45) is 15.7 Å². The number of benzene rings is 9. The fourth-order valence-corrected chi connectivity index (χ4v) is 10.3. The molecular formula is C73H64N10. The summed E-state index contributed by atoms with van der Waals surface area (Å²) in [4.78, 5) is 23.8. The number of nitrogens with two attached hydrogens (primary N) is 2. The van der Waals surface area contributed by atoms with Crippen molar-refractivity contribution in [2.75, 3.05) is 27.5 Å². The van der Waals surface area contributed by atoms with Gasteiger partial charge in [0.25, 0.3) is 0 Å². The minimum atomic E-state index is -0.801. The number of para-hydroxylation sites is 8. The normalized spacial score (nSPS) is 12.7. The Morgan fingerprint density at radius 2 is 1.04 bits per heavy atom. The van der Waals surface area contributed by atoms with E-state index in [4.69, 9.17) is 26.4 Å². The van der Waals surface area contributed by atoms with Crippen molar-refractivity contribution in [3.05, 3.63) is 331 Å². The number of nitrogens with one attached hydrogen (secondary N) is 1. The van der Waals surface area contributed by atoms with Crippen molar-refractivity contribution >= 4 is 74.5 Å². The third-order valence-corrected chi connectivity index (χ3v) is 14.1. The third-order valence-electron chi connectivity index (χ3n) is 14.1. The van der Waals surface area contributed by atoms with Crippen molar-refractivity contribution in [1.29, 1.82) is 0 Å². The summed E-state index contributed by atoms with van der Waals surface area (Å²) in [6.45, 7) is 0. The van der Waals surface area contributed by atoms with E-state index in [9.17, 15) is 0 Å². The lowest BCUT2D eigenvalue weighted by Gasteiger charge is -2.33. The van der Waals surface area contributed by atoms with Crippen LogP contribution in [0.4, 0.5) is 39.8 Å². The van der Waals surface area contributed by atoms with Crippen molar-refractivity contribution in [2.45, 2.75) is 19.0 Å². The van der Waals surface area contributed by atoms with Gasteiger partial charge in [-0.15, -0.1) is 0 Å². The van der Waals surface area contributed by atoms with E-state index in [1.807, 2.05) is 129 Å². The fraction of sp³-hybridized carbons (Fsp3) is 0.0548. The molecule has 1 atom stereocenters. The minimum absolute atomic E-state index is 0.299. The molecule has 12 rings (SSSR count). The predicted molar refractivity (Wildman–Crippen MR) is 348 cm³/mol. The van der Waals surface area contributed by atoms with Crippen LogP contribution in [0.5, 0.6) is 0 Å². The molecule has 2 heterocycles. The number of anilines is 7. The van der Waals surface area contributed by atoms with Crippen LogP contribution in [0.15, 0.2) is 313 Å². The molecule has 0 bridgehead atoms. The van der Waals surface area contributed by atoms with Gasteiger partial charge in [-0.1, -0.05) is 188 Å². The molecule has 0 amide bonds. The molecule has 10 nitrogen and oxygen atoms in total. The molecular weight excluding hydrogens is 1020 g/mol. The molecule has 1 aliphatic carbocycles. The highest BCUT2D eigenvalue weighted by Gasteiger charge is 2.29. The van der Waals surface area contributed by atoms with Crippen LogP contribution in [-0.4, -0.2) is 28.3 Å². The van der Waals surface area contributed by atoms with E-state index in [1.54, 1.807) is 0 Å². The lowest BCUT2D eigenvalue weighted by atomic mass is 10.0. The number of rotatable bonds is 16. The van der Waals surface area contributed by atoms with Crippen LogP contribution in [0.2, 0.25) is 0 Å². The van der Waals surface area contributed by atoms with E-state index >= 15 is 0 Å². The summed E-state index contributed by atoms with van der Waals surface area (Å²) >= 11 is 0. The van der Waals surface area contributed by atoms with Crippen LogP contribution in [0.1, 0.15) is 40.7 Å². The number of hydrogen-bond acceptors (Lipinski definition) is 7. The summed E-state index contributed by atoms with van der Waals surface area (Å²) in [6, 6.07) is 94.5. The average molecular weight is 1080 g/mol. The first-order valence-electron chi connectivity index (χ1n) is 27.8. The van der Waals surface area contributed by atoms with Crippen LogP contribution >= 0.6 is 0 Å². The number of nitrogen functional groups attached to an aromatic ring is 1. The lowest BCUT2D eigenvalue weighted by Crippen LogP contribution is -2.30. The van der Waals surface area contributed by atoms with Crippen LogP contribution in [0.3, 0.4) is 0 Å². The first-order valence-corrected chi connectivity index (χ1v) is 27.8. The van der Waals surface area contributed by atoms with Crippen molar-refractivity contribution in [1.82, 2.24) is 14.9 Å². The lowest BCUT2D eigenvalue weighted by molar-refractivity contribution is 0.705. The number of amidine groups is 2. The molecule has 0 radical (unpaired) electrons. The van der Waals surface area contributed by atoms with E-state index in [0.29, 0.717) is 34.6 Å². The van der Waals surface area contributed by atoms with E-state index in [1.165, 1.54) is 11.3 Å². The van der Waals surface area contributed by atoms with Gasteiger partial charge < -0.3 is 21.7 Å². The standard InChI is InChI=1S/C67H57N9.C6H7N/c1-69-46-45-63(73(52-29-11-3-12-30-52)53-31-13-4-14-32-53)72-67(75(56-37-19-7-20-38-56)57-39-21-8-22-40-57)60-48-51(49-65(70-60)76-61-43-25-23-41-58(61)59-42-24-26-44-62(59)76)66(68)71-64(47-50-27-9-2-10-28-50)74(54-33-15-5-16-34-54)55-35-17-6-18-36-55;7-6-4-2-1-3-5-6/h2-25,27-43,45-49,67,69H,26,44H2,1H3,(H2,68,71);1-5H,7H2/b46-45-,64-47+,72-63+;. The Labute approximate surface area is 486 Å². The first kappa shape index (κ1) is 54.0. The summed E-state index contributed by atoms with van der Waals surface area (Å²) in [5, 5.41) is 4.42. The van der Waals surface area contributed by atoms with E-state index in [0.717, 1.165) is 69.1 Å². The van der Waals surface area contributed by atoms with E-state index in [2.05, 4.69) is 213 Å². The molecule has 5 N–H and O–H groups in total. The van der Waals surface area contributed by atoms with Gasteiger partial charge in [0, 0.05) is 69.1 Å². The Balaban J connectivity index is 0.000000959. The summed E-state index contributed by atoms with van der Waals surface area (Å²) in [5.41, 5.74) is 25.1. The molecule has 11 aromatic rings. The maximum Gasteiger partial charge on any atom is 0.170 e. The topological polar surface area (TPSA) is 116 Å². The zero-order valence-corrected chi connectivity index (χ0v) is 46.2. The Kier molecular flexibility index (Phi) is 17.1. The number of aliphatic imine (C=N–C) groups is 2. The van der Waals surface area contributed by atoms with Gasteiger partial charge >= 0.3 is 0 Å². The van der Waals surface area contributed by atoms with Gasteiger partial charge in [0.15, 0.2) is 6.17 Å². The van der Waals surface area contributed by atoms with Crippen molar-refractivity contribution in [3.63, 3.8) is 0 Å². The average Bonchev–Trinajstić information content (AvgIpc) is 4.11. The minimum Gasteiger partial charge on any atom is -0.399 e. The Hall–Kier alpha value is -11.0. The Morgan fingerprint density at radius 3 is 1.54 bits per heavy atom. The van der Waals surface area contributed by atoms with E-state index in [-0.39, 0.29) is 0 Å². The monoisotopic (exact) mass is 1080 g/mol. The molecule has 2 aromatic heterocycles. The summed E-state index contributed by atoms with van der Waals surface area (Å²) in [6.07, 6.45) is 11.5. The maximum atomic E-state index is 7.61. The fourth-order valence-electron chi connectivity index (χ4n) is 10.3. The van der Waals surface area contributed by atoms with Crippen LogP contribution in [0, 0.1) is 0 Å². The molecule has 1 unspecified atom stereocenters.